The molecular weight excluding hydrogens is 211 g/mol. The summed E-state index contributed by atoms with van der Waals surface area (Å²) in [6.07, 6.45) is -2.63. The zero-order valence-electron chi connectivity index (χ0n) is 5.84. The van der Waals surface area contributed by atoms with Gasteiger partial charge in [0.1, 0.15) is 11.8 Å². The molecule has 0 radical (unpaired) electrons. The van der Waals surface area contributed by atoms with Crippen LogP contribution in [-0.4, -0.2) is 6.43 Å². The zero-order valence-corrected chi connectivity index (χ0v) is 7.41. The minimum Gasteiger partial charge on any atom is -0.448 e. The summed E-state index contributed by atoms with van der Waals surface area (Å²) in [7, 11) is 0. The molecule has 1 heterocycles. The van der Waals surface area contributed by atoms with Gasteiger partial charge in [-0.1, -0.05) is 0 Å². The minimum atomic E-state index is -2.63. The Bertz CT molecular complexity index is 241. The van der Waals surface area contributed by atoms with Gasteiger partial charge >= 0.3 is 0 Å². The number of furan rings is 1. The number of alkyl halides is 2. The molecule has 6 heteroatoms. The fraction of sp³-hybridized carbons (Fsp3) is 0.333. The van der Waals surface area contributed by atoms with Crippen molar-refractivity contribution in [3.05, 3.63) is 23.1 Å². The first-order chi connectivity index (χ1) is 5.11. The van der Waals surface area contributed by atoms with E-state index in [2.05, 4.69) is 4.42 Å². The van der Waals surface area contributed by atoms with Gasteiger partial charge in [0.15, 0.2) is 5.22 Å². The van der Waals surface area contributed by atoms with Crippen LogP contribution in [0.4, 0.5) is 8.78 Å². The van der Waals surface area contributed by atoms with Gasteiger partial charge in [-0.05, 0) is 23.7 Å². The van der Waals surface area contributed by atoms with Gasteiger partial charge in [0, 0.05) is 0 Å². The van der Waals surface area contributed by atoms with Gasteiger partial charge in [0.25, 0.3) is 6.43 Å². The average molecular weight is 218 g/mol. The van der Waals surface area contributed by atoms with Gasteiger partial charge in [-0.15, -0.1) is 12.4 Å². The molecule has 1 atom stereocenters. The smallest absolute Gasteiger partial charge is 0.260 e. The van der Waals surface area contributed by atoms with Crippen LogP contribution in [0, 0.1) is 0 Å². The van der Waals surface area contributed by atoms with Crippen LogP contribution in [0.15, 0.2) is 16.5 Å². The van der Waals surface area contributed by atoms with E-state index in [1.165, 1.54) is 12.1 Å². The zero-order chi connectivity index (χ0) is 8.43. The summed E-state index contributed by atoms with van der Waals surface area (Å²) in [5.41, 5.74) is 5.05. The van der Waals surface area contributed by atoms with Gasteiger partial charge in [-0.25, -0.2) is 8.78 Å². The first-order valence-corrected chi connectivity index (χ1v) is 3.28. The molecule has 0 spiro atoms. The van der Waals surface area contributed by atoms with Crippen molar-refractivity contribution in [2.24, 2.45) is 5.73 Å². The van der Waals surface area contributed by atoms with Crippen LogP contribution in [0.1, 0.15) is 11.8 Å². The molecule has 0 unspecified atom stereocenters. The number of nitrogens with two attached hydrogens (primary N) is 1. The molecule has 0 saturated heterocycles. The average Bonchev–Trinajstić information content (AvgIpc) is 2.34. The second kappa shape index (κ2) is 4.64. The third kappa shape index (κ3) is 2.62. The van der Waals surface area contributed by atoms with Crippen LogP contribution >= 0.6 is 24.0 Å². The maximum absolute atomic E-state index is 11.9. The molecule has 12 heavy (non-hydrogen) atoms. The van der Waals surface area contributed by atoms with E-state index in [-0.39, 0.29) is 23.4 Å². The Kier molecular flexibility index (Phi) is 4.52. The molecule has 70 valence electrons. The summed E-state index contributed by atoms with van der Waals surface area (Å²) in [5, 5.41) is 0.0658. The van der Waals surface area contributed by atoms with E-state index in [0.29, 0.717) is 0 Å². The predicted molar refractivity (Wildman–Crippen MR) is 43.9 cm³/mol. The minimum absolute atomic E-state index is 0. The van der Waals surface area contributed by atoms with Crippen LogP contribution < -0.4 is 5.73 Å². The summed E-state index contributed by atoms with van der Waals surface area (Å²) in [5.74, 6) is 0.00463. The lowest BCUT2D eigenvalue weighted by molar-refractivity contribution is 0.107. The topological polar surface area (TPSA) is 39.2 Å². The third-order valence-electron chi connectivity index (χ3n) is 1.19. The van der Waals surface area contributed by atoms with E-state index in [9.17, 15) is 8.78 Å². The highest BCUT2D eigenvalue weighted by atomic mass is 35.5. The Morgan fingerprint density at radius 1 is 1.42 bits per heavy atom. The molecule has 0 aromatic carbocycles. The van der Waals surface area contributed by atoms with Crippen molar-refractivity contribution in [1.29, 1.82) is 0 Å². The number of hydrogen-bond acceptors (Lipinski definition) is 2. The van der Waals surface area contributed by atoms with E-state index < -0.39 is 12.5 Å². The molecule has 0 aliphatic rings. The maximum Gasteiger partial charge on any atom is 0.260 e. The quantitative estimate of drug-likeness (QED) is 0.828. The van der Waals surface area contributed by atoms with Gasteiger partial charge in [-0.3, -0.25) is 0 Å². The van der Waals surface area contributed by atoms with Crippen molar-refractivity contribution >= 4 is 24.0 Å². The van der Waals surface area contributed by atoms with Crippen LogP contribution in [0.25, 0.3) is 0 Å². The van der Waals surface area contributed by atoms with E-state index in [0.717, 1.165) is 0 Å². The lowest BCUT2D eigenvalue weighted by atomic mass is 10.2. The second-order valence-corrected chi connectivity index (χ2v) is 2.37. The van der Waals surface area contributed by atoms with Gasteiger partial charge in [0.05, 0.1) is 0 Å². The number of halogens is 4. The fourth-order valence-corrected chi connectivity index (χ4v) is 0.784. The summed E-state index contributed by atoms with van der Waals surface area (Å²) in [4.78, 5) is 0. The lowest BCUT2D eigenvalue weighted by Crippen LogP contribution is -2.17. The molecule has 0 amide bonds. The van der Waals surface area contributed by atoms with E-state index >= 15 is 0 Å². The normalized spacial score (nSPS) is 12.8. The summed E-state index contributed by atoms with van der Waals surface area (Å²) >= 11 is 5.34. The molecular formula is C6H7Cl2F2NO. The van der Waals surface area contributed by atoms with Crippen molar-refractivity contribution in [3.8, 4) is 0 Å². The third-order valence-corrected chi connectivity index (χ3v) is 1.40. The molecule has 1 aromatic heterocycles. The summed E-state index contributed by atoms with van der Waals surface area (Å²) in [6.45, 7) is 0. The highest BCUT2D eigenvalue weighted by Crippen LogP contribution is 2.22. The SMILES string of the molecule is Cl.N[C@@H](c1ccc(Cl)o1)C(F)F. The van der Waals surface area contributed by atoms with E-state index in [1.807, 2.05) is 0 Å². The molecule has 1 aromatic rings. The predicted octanol–water partition coefficient (Wildman–Crippen LogP) is 2.62. The Morgan fingerprint density at radius 2 is 2.00 bits per heavy atom. The fourth-order valence-electron chi connectivity index (χ4n) is 0.632. The van der Waals surface area contributed by atoms with E-state index in [4.69, 9.17) is 17.3 Å². The molecule has 0 bridgehead atoms. The highest BCUT2D eigenvalue weighted by molar-refractivity contribution is 6.28. The maximum atomic E-state index is 11.9. The second-order valence-electron chi connectivity index (χ2n) is 2.00. The van der Waals surface area contributed by atoms with Crippen LogP contribution in [0.2, 0.25) is 5.22 Å². The molecule has 0 aliphatic heterocycles. The molecule has 2 nitrogen and oxygen atoms in total. The van der Waals surface area contributed by atoms with Gasteiger partial charge < -0.3 is 10.2 Å². The molecule has 0 fully saturated rings. The van der Waals surface area contributed by atoms with Crippen molar-refractivity contribution in [1.82, 2.24) is 0 Å². The Balaban J connectivity index is 0.00000121. The molecule has 1 rings (SSSR count). The highest BCUT2D eigenvalue weighted by Gasteiger charge is 2.20. The van der Waals surface area contributed by atoms with Crippen molar-refractivity contribution in [2.75, 3.05) is 0 Å². The molecule has 2 N–H and O–H groups in total. The Morgan fingerprint density at radius 3 is 2.33 bits per heavy atom. The Labute approximate surface area is 79.1 Å². The first kappa shape index (κ1) is 11.7. The standard InChI is InChI=1S/C6H6ClF2NO.ClH/c7-4-2-1-3(11-4)5(10)6(8)9;/h1-2,5-6H,10H2;1H/t5-;/m0./s1. The van der Waals surface area contributed by atoms with E-state index in [1.54, 1.807) is 0 Å². The molecule has 0 saturated carbocycles. The van der Waals surface area contributed by atoms with Crippen molar-refractivity contribution in [3.63, 3.8) is 0 Å². The van der Waals surface area contributed by atoms with Crippen molar-refractivity contribution in [2.45, 2.75) is 12.5 Å². The number of rotatable bonds is 2. The number of hydrogen-bond donors (Lipinski definition) is 1. The van der Waals surface area contributed by atoms with Gasteiger partial charge in [-0.2, -0.15) is 0 Å². The lowest BCUT2D eigenvalue weighted by Gasteiger charge is -2.05. The van der Waals surface area contributed by atoms with Crippen LogP contribution in [-0.2, 0) is 0 Å². The Hall–Kier alpha value is -0.320. The van der Waals surface area contributed by atoms with Crippen molar-refractivity contribution < 1.29 is 13.2 Å². The van der Waals surface area contributed by atoms with Crippen LogP contribution in [0.3, 0.4) is 0 Å². The molecule has 0 aliphatic carbocycles. The first-order valence-electron chi connectivity index (χ1n) is 2.90. The van der Waals surface area contributed by atoms with Crippen LogP contribution in [0.5, 0.6) is 0 Å². The largest absolute Gasteiger partial charge is 0.448 e. The van der Waals surface area contributed by atoms with Gasteiger partial charge in [0.2, 0.25) is 0 Å². The monoisotopic (exact) mass is 217 g/mol. The summed E-state index contributed by atoms with van der Waals surface area (Å²) < 4.78 is 28.5. The summed E-state index contributed by atoms with van der Waals surface area (Å²) in [6, 6.07) is 1.32.